The molecule has 60 valence electrons. The van der Waals surface area contributed by atoms with Gasteiger partial charge in [-0.1, -0.05) is 0 Å². The number of hydroxylamine groups is 2. The Balaban J connectivity index is 2.45. The average molecular weight is 145 g/mol. The van der Waals surface area contributed by atoms with Crippen LogP contribution in [0.2, 0.25) is 0 Å². The predicted octanol–water partition coefficient (Wildman–Crippen LogP) is 0.741. The summed E-state index contributed by atoms with van der Waals surface area (Å²) in [7, 11) is 0. The van der Waals surface area contributed by atoms with Crippen molar-refractivity contribution < 1.29 is 9.94 Å². The molecule has 1 N–H and O–H groups in total. The Morgan fingerprint density at radius 1 is 1.50 bits per heavy atom. The van der Waals surface area contributed by atoms with E-state index in [4.69, 9.17) is 9.94 Å². The van der Waals surface area contributed by atoms with Gasteiger partial charge in [0.1, 0.15) is 0 Å². The molecule has 3 heteroatoms. The van der Waals surface area contributed by atoms with E-state index in [1.54, 1.807) is 0 Å². The van der Waals surface area contributed by atoms with Crippen LogP contribution in [-0.4, -0.2) is 28.5 Å². The molecule has 10 heavy (non-hydrogen) atoms. The Kier molecular flexibility index (Phi) is 1.99. The molecule has 0 aromatic rings. The van der Waals surface area contributed by atoms with E-state index in [1.165, 1.54) is 0 Å². The number of nitrogens with zero attached hydrogens (tertiary/aromatic N) is 1. The van der Waals surface area contributed by atoms with Gasteiger partial charge in [-0.25, -0.2) is 0 Å². The molecule has 0 unspecified atom stereocenters. The van der Waals surface area contributed by atoms with E-state index in [0.29, 0.717) is 0 Å². The molecule has 1 saturated heterocycles. The summed E-state index contributed by atoms with van der Waals surface area (Å²) in [5.41, 5.74) is 0.0114. The van der Waals surface area contributed by atoms with Crippen LogP contribution in [0.15, 0.2) is 0 Å². The summed E-state index contributed by atoms with van der Waals surface area (Å²) < 4.78 is 0. The van der Waals surface area contributed by atoms with Gasteiger partial charge in [0.05, 0.1) is 0 Å². The second-order valence-electron chi connectivity index (χ2n) is 3.62. The highest BCUT2D eigenvalue weighted by molar-refractivity contribution is 4.73. The number of rotatable bonds is 0. The van der Waals surface area contributed by atoms with Crippen LogP contribution in [0, 0.1) is 0 Å². The van der Waals surface area contributed by atoms with Crippen molar-refractivity contribution in [2.24, 2.45) is 0 Å². The van der Waals surface area contributed by atoms with Crippen molar-refractivity contribution in [3.8, 4) is 0 Å². The van der Waals surface area contributed by atoms with Crippen molar-refractivity contribution in [1.29, 1.82) is 0 Å². The van der Waals surface area contributed by atoms with Crippen LogP contribution in [-0.2, 0) is 4.84 Å². The van der Waals surface area contributed by atoms with Gasteiger partial charge in [0.2, 0.25) is 0 Å². The van der Waals surface area contributed by atoms with E-state index in [1.807, 2.05) is 5.06 Å². The highest BCUT2D eigenvalue weighted by Crippen LogP contribution is 2.21. The Hall–Kier alpha value is -0.120. The lowest BCUT2D eigenvalue weighted by Crippen LogP contribution is -2.38. The zero-order valence-corrected chi connectivity index (χ0v) is 6.79. The normalized spacial score (nSPS) is 29.4. The molecule has 0 aromatic heterocycles. The summed E-state index contributed by atoms with van der Waals surface area (Å²) in [5, 5.41) is 10.8. The van der Waals surface area contributed by atoms with Crippen LogP contribution < -0.4 is 0 Å². The van der Waals surface area contributed by atoms with E-state index >= 15 is 0 Å². The van der Waals surface area contributed by atoms with E-state index in [0.717, 1.165) is 13.0 Å². The monoisotopic (exact) mass is 145 g/mol. The minimum absolute atomic E-state index is 0.0114. The first-order valence-electron chi connectivity index (χ1n) is 3.62. The third kappa shape index (κ3) is 1.68. The van der Waals surface area contributed by atoms with Crippen LogP contribution in [0.1, 0.15) is 27.2 Å². The average Bonchev–Trinajstić information content (AvgIpc) is 2.11. The number of hydrogen-bond donors (Lipinski definition) is 1. The first kappa shape index (κ1) is 7.98. The standard InChI is InChI=1S/C7H15NO2/c1-7(2,3)8-5-4-6(9)10-8/h6,9H,4-5H2,1-3H3/t6-/m1/s1. The number of aliphatic hydroxyl groups is 1. The number of aliphatic hydroxyl groups excluding tert-OH is 1. The molecule has 1 heterocycles. The zero-order valence-electron chi connectivity index (χ0n) is 6.79. The molecule has 3 nitrogen and oxygen atoms in total. The molecule has 0 saturated carbocycles. The lowest BCUT2D eigenvalue weighted by molar-refractivity contribution is -0.246. The summed E-state index contributed by atoms with van der Waals surface area (Å²) in [5.74, 6) is 0. The summed E-state index contributed by atoms with van der Waals surface area (Å²) >= 11 is 0. The van der Waals surface area contributed by atoms with Gasteiger partial charge in [0.15, 0.2) is 6.29 Å². The Morgan fingerprint density at radius 2 is 2.10 bits per heavy atom. The van der Waals surface area contributed by atoms with E-state index in [-0.39, 0.29) is 5.54 Å². The highest BCUT2D eigenvalue weighted by Gasteiger charge is 2.30. The van der Waals surface area contributed by atoms with E-state index < -0.39 is 6.29 Å². The fourth-order valence-corrected chi connectivity index (χ4v) is 0.974. The van der Waals surface area contributed by atoms with Gasteiger partial charge in [-0.05, 0) is 20.8 Å². The van der Waals surface area contributed by atoms with Crippen molar-refractivity contribution in [3.05, 3.63) is 0 Å². The molecule has 1 rings (SSSR count). The Labute approximate surface area is 61.5 Å². The maximum atomic E-state index is 9.00. The van der Waals surface area contributed by atoms with Crippen molar-refractivity contribution in [2.45, 2.75) is 39.0 Å². The molecule has 0 amide bonds. The van der Waals surface area contributed by atoms with Crippen LogP contribution >= 0.6 is 0 Å². The van der Waals surface area contributed by atoms with Crippen LogP contribution in [0.4, 0.5) is 0 Å². The minimum atomic E-state index is -0.584. The fourth-order valence-electron chi connectivity index (χ4n) is 0.974. The first-order chi connectivity index (χ1) is 4.50. The van der Waals surface area contributed by atoms with Gasteiger partial charge >= 0.3 is 0 Å². The molecule has 1 aliphatic rings. The zero-order chi connectivity index (χ0) is 7.78. The molecule has 0 radical (unpaired) electrons. The molecule has 1 atom stereocenters. The molecular formula is C7H15NO2. The summed E-state index contributed by atoms with van der Waals surface area (Å²) in [4.78, 5) is 5.11. The molecule has 0 bridgehead atoms. The number of hydrogen-bond acceptors (Lipinski definition) is 3. The van der Waals surface area contributed by atoms with Gasteiger partial charge in [-0.3, -0.25) is 4.84 Å². The Bertz CT molecular complexity index is 119. The molecule has 1 fully saturated rings. The molecule has 1 aliphatic heterocycles. The molecular weight excluding hydrogens is 130 g/mol. The minimum Gasteiger partial charge on any atom is -0.366 e. The fraction of sp³-hybridized carbons (Fsp3) is 1.00. The van der Waals surface area contributed by atoms with Crippen LogP contribution in [0.25, 0.3) is 0 Å². The Morgan fingerprint density at radius 3 is 2.30 bits per heavy atom. The highest BCUT2D eigenvalue weighted by atomic mass is 16.8. The first-order valence-corrected chi connectivity index (χ1v) is 3.62. The molecule has 0 aromatic carbocycles. The lowest BCUT2D eigenvalue weighted by Gasteiger charge is -2.29. The van der Waals surface area contributed by atoms with E-state index in [9.17, 15) is 0 Å². The maximum Gasteiger partial charge on any atom is 0.176 e. The van der Waals surface area contributed by atoms with Crippen molar-refractivity contribution in [3.63, 3.8) is 0 Å². The summed E-state index contributed by atoms with van der Waals surface area (Å²) in [6.45, 7) is 7.01. The van der Waals surface area contributed by atoms with Crippen molar-refractivity contribution in [1.82, 2.24) is 5.06 Å². The van der Waals surface area contributed by atoms with Gasteiger partial charge in [-0.2, -0.15) is 5.06 Å². The second kappa shape index (κ2) is 2.49. The SMILES string of the molecule is CC(C)(C)N1CC[C@H](O)O1. The smallest absolute Gasteiger partial charge is 0.176 e. The van der Waals surface area contributed by atoms with Crippen molar-refractivity contribution in [2.75, 3.05) is 6.54 Å². The van der Waals surface area contributed by atoms with Gasteiger partial charge in [0.25, 0.3) is 0 Å². The second-order valence-corrected chi connectivity index (χ2v) is 3.62. The summed E-state index contributed by atoms with van der Waals surface area (Å²) in [6, 6.07) is 0. The van der Waals surface area contributed by atoms with Gasteiger partial charge < -0.3 is 5.11 Å². The van der Waals surface area contributed by atoms with Gasteiger partial charge in [-0.15, -0.1) is 0 Å². The van der Waals surface area contributed by atoms with Crippen LogP contribution in [0.5, 0.6) is 0 Å². The third-order valence-electron chi connectivity index (χ3n) is 1.58. The predicted molar refractivity (Wildman–Crippen MR) is 38.2 cm³/mol. The third-order valence-corrected chi connectivity index (χ3v) is 1.58. The van der Waals surface area contributed by atoms with Crippen LogP contribution in [0.3, 0.4) is 0 Å². The quantitative estimate of drug-likeness (QED) is 0.545. The van der Waals surface area contributed by atoms with Crippen molar-refractivity contribution >= 4 is 0 Å². The molecule has 0 aliphatic carbocycles. The topological polar surface area (TPSA) is 32.7 Å². The maximum absolute atomic E-state index is 9.00. The largest absolute Gasteiger partial charge is 0.366 e. The molecule has 0 spiro atoms. The lowest BCUT2D eigenvalue weighted by atomic mass is 10.1. The van der Waals surface area contributed by atoms with E-state index in [2.05, 4.69) is 20.8 Å². The summed E-state index contributed by atoms with van der Waals surface area (Å²) in [6.07, 6.45) is 0.135. The van der Waals surface area contributed by atoms with Gasteiger partial charge in [0, 0.05) is 18.5 Å².